The largest absolute Gasteiger partial charge is 0.198 e. The molecule has 3 aliphatic carbocycles. The molecule has 29 heavy (non-hydrogen) atoms. The van der Waals surface area contributed by atoms with Gasteiger partial charge in [0.05, 0.1) is 6.07 Å². The molecule has 1 nitrogen and oxygen atoms in total. The van der Waals surface area contributed by atoms with Gasteiger partial charge in [-0.15, -0.1) is 0 Å². The first-order valence-electron chi connectivity index (χ1n) is 13.7. The second-order valence-corrected chi connectivity index (χ2v) is 11.1. The highest BCUT2D eigenvalue weighted by Gasteiger charge is 2.34. The van der Waals surface area contributed by atoms with Gasteiger partial charge in [-0.1, -0.05) is 71.1 Å². The Balaban J connectivity index is 1.28. The standard InChI is InChI=1S/C28H49N/c1-2-3-5-8-23-10-14-25(15-11-23)27-18-20-28(21-19-27)26-16-12-24(13-17-26)9-6-4-7-22-29/h23-28H,2-21H2,1H3/t23?,24-,25?,26-,27?,28?. The van der Waals surface area contributed by atoms with Crippen LogP contribution in [0.1, 0.15) is 135 Å². The van der Waals surface area contributed by atoms with Crippen LogP contribution in [0, 0.1) is 46.8 Å². The summed E-state index contributed by atoms with van der Waals surface area (Å²) in [5.74, 6) is 6.34. The highest BCUT2D eigenvalue weighted by Crippen LogP contribution is 2.46. The first-order chi connectivity index (χ1) is 14.3. The third-order valence-corrected chi connectivity index (χ3v) is 9.30. The molecule has 3 saturated carbocycles. The monoisotopic (exact) mass is 399 g/mol. The van der Waals surface area contributed by atoms with Gasteiger partial charge in [0, 0.05) is 6.42 Å². The molecule has 3 fully saturated rings. The van der Waals surface area contributed by atoms with E-state index in [9.17, 15) is 0 Å². The van der Waals surface area contributed by atoms with Crippen molar-refractivity contribution in [1.29, 1.82) is 5.26 Å². The van der Waals surface area contributed by atoms with Crippen molar-refractivity contribution in [3.05, 3.63) is 0 Å². The summed E-state index contributed by atoms with van der Waals surface area (Å²) >= 11 is 0. The molecule has 0 spiro atoms. The highest BCUT2D eigenvalue weighted by atomic mass is 14.4. The van der Waals surface area contributed by atoms with Crippen LogP contribution in [0.4, 0.5) is 0 Å². The number of nitrogens with zero attached hydrogens (tertiary/aromatic N) is 1. The predicted molar refractivity (Wildman–Crippen MR) is 125 cm³/mol. The van der Waals surface area contributed by atoms with Crippen LogP contribution in [0.25, 0.3) is 0 Å². The molecule has 0 aliphatic heterocycles. The van der Waals surface area contributed by atoms with Crippen LogP contribution in [-0.2, 0) is 0 Å². The zero-order valence-corrected chi connectivity index (χ0v) is 19.6. The minimum absolute atomic E-state index is 0.763. The Hall–Kier alpha value is -0.510. The molecule has 0 amide bonds. The third-order valence-electron chi connectivity index (χ3n) is 9.30. The Morgan fingerprint density at radius 1 is 0.552 bits per heavy atom. The van der Waals surface area contributed by atoms with E-state index in [0.717, 1.165) is 48.3 Å². The lowest BCUT2D eigenvalue weighted by molar-refractivity contribution is 0.102. The fourth-order valence-electron chi connectivity index (χ4n) is 7.30. The second kappa shape index (κ2) is 13.0. The molecule has 0 aromatic rings. The maximum Gasteiger partial charge on any atom is 0.0621 e. The molecular weight excluding hydrogens is 350 g/mol. The first-order valence-corrected chi connectivity index (χ1v) is 13.7. The molecular formula is C28H49N. The summed E-state index contributed by atoms with van der Waals surface area (Å²) in [7, 11) is 0. The van der Waals surface area contributed by atoms with Crippen LogP contribution in [0.3, 0.4) is 0 Å². The van der Waals surface area contributed by atoms with Crippen molar-refractivity contribution < 1.29 is 0 Å². The smallest absolute Gasteiger partial charge is 0.0621 e. The molecule has 166 valence electrons. The fourth-order valence-corrected chi connectivity index (χ4v) is 7.30. The van der Waals surface area contributed by atoms with Crippen molar-refractivity contribution in [2.75, 3.05) is 0 Å². The fraction of sp³-hybridized carbons (Fsp3) is 0.964. The van der Waals surface area contributed by atoms with E-state index in [1.807, 2.05) is 0 Å². The summed E-state index contributed by atoms with van der Waals surface area (Å²) in [6.45, 7) is 2.33. The highest BCUT2D eigenvalue weighted by molar-refractivity contribution is 4.86. The topological polar surface area (TPSA) is 23.8 Å². The van der Waals surface area contributed by atoms with Crippen molar-refractivity contribution in [3.63, 3.8) is 0 Å². The quantitative estimate of drug-likeness (QED) is 0.336. The van der Waals surface area contributed by atoms with Crippen molar-refractivity contribution in [2.24, 2.45) is 35.5 Å². The van der Waals surface area contributed by atoms with Gasteiger partial charge in [0.2, 0.25) is 0 Å². The minimum Gasteiger partial charge on any atom is -0.198 e. The lowest BCUT2D eigenvalue weighted by Gasteiger charge is -2.41. The molecule has 3 aliphatic rings. The van der Waals surface area contributed by atoms with E-state index in [1.165, 1.54) is 64.2 Å². The maximum atomic E-state index is 8.69. The Labute approximate surface area is 182 Å². The normalized spacial score (nSPS) is 35.9. The second-order valence-electron chi connectivity index (χ2n) is 11.1. The van der Waals surface area contributed by atoms with Crippen molar-refractivity contribution in [3.8, 4) is 6.07 Å². The summed E-state index contributed by atoms with van der Waals surface area (Å²) in [6.07, 6.45) is 28.8. The molecule has 0 unspecified atom stereocenters. The van der Waals surface area contributed by atoms with E-state index in [2.05, 4.69) is 13.0 Å². The molecule has 0 atom stereocenters. The number of nitriles is 1. The molecule has 0 aromatic heterocycles. The van der Waals surface area contributed by atoms with E-state index in [1.54, 1.807) is 51.4 Å². The molecule has 3 rings (SSSR count). The van der Waals surface area contributed by atoms with Crippen LogP contribution in [-0.4, -0.2) is 0 Å². The van der Waals surface area contributed by atoms with E-state index < -0.39 is 0 Å². The van der Waals surface area contributed by atoms with Gasteiger partial charge in [-0.3, -0.25) is 0 Å². The Bertz CT molecular complexity index is 453. The van der Waals surface area contributed by atoms with Crippen LogP contribution in [0.2, 0.25) is 0 Å². The molecule has 0 radical (unpaired) electrons. The van der Waals surface area contributed by atoms with E-state index >= 15 is 0 Å². The van der Waals surface area contributed by atoms with Gasteiger partial charge in [-0.05, 0) is 93.3 Å². The average Bonchev–Trinajstić information content (AvgIpc) is 2.78. The van der Waals surface area contributed by atoms with Crippen LogP contribution < -0.4 is 0 Å². The molecule has 0 saturated heterocycles. The van der Waals surface area contributed by atoms with E-state index in [-0.39, 0.29) is 0 Å². The van der Waals surface area contributed by atoms with Crippen molar-refractivity contribution >= 4 is 0 Å². The van der Waals surface area contributed by atoms with Gasteiger partial charge in [0.15, 0.2) is 0 Å². The Kier molecular flexibility index (Phi) is 10.4. The van der Waals surface area contributed by atoms with Crippen LogP contribution >= 0.6 is 0 Å². The van der Waals surface area contributed by atoms with Gasteiger partial charge >= 0.3 is 0 Å². The minimum atomic E-state index is 0.763. The Morgan fingerprint density at radius 2 is 0.931 bits per heavy atom. The predicted octanol–water partition coefficient (Wildman–Crippen LogP) is 9.07. The third kappa shape index (κ3) is 7.60. The van der Waals surface area contributed by atoms with E-state index in [4.69, 9.17) is 5.26 Å². The van der Waals surface area contributed by atoms with Gasteiger partial charge in [0.1, 0.15) is 0 Å². The summed E-state index contributed by atoms with van der Waals surface area (Å²) in [5.41, 5.74) is 0. The van der Waals surface area contributed by atoms with Crippen LogP contribution in [0.15, 0.2) is 0 Å². The van der Waals surface area contributed by atoms with E-state index in [0.29, 0.717) is 0 Å². The summed E-state index contributed by atoms with van der Waals surface area (Å²) in [6, 6.07) is 2.29. The average molecular weight is 400 g/mol. The van der Waals surface area contributed by atoms with Crippen molar-refractivity contribution in [1.82, 2.24) is 0 Å². The summed E-state index contributed by atoms with van der Waals surface area (Å²) < 4.78 is 0. The number of hydrogen-bond donors (Lipinski definition) is 0. The first kappa shape index (κ1) is 23.2. The van der Waals surface area contributed by atoms with Gasteiger partial charge in [0.25, 0.3) is 0 Å². The van der Waals surface area contributed by atoms with Crippen molar-refractivity contribution in [2.45, 2.75) is 135 Å². The molecule has 0 heterocycles. The lowest BCUT2D eigenvalue weighted by atomic mass is 9.64. The molecule has 0 N–H and O–H groups in total. The SMILES string of the molecule is CCCCCC1CCC(C2CCC([C@H]3CC[C@H](CCCCC#N)CC3)CC2)CC1. The van der Waals surface area contributed by atoms with Gasteiger partial charge in [-0.2, -0.15) is 5.26 Å². The number of rotatable bonds is 10. The number of unbranched alkanes of at least 4 members (excludes halogenated alkanes) is 4. The van der Waals surface area contributed by atoms with Crippen LogP contribution in [0.5, 0.6) is 0 Å². The summed E-state index contributed by atoms with van der Waals surface area (Å²) in [4.78, 5) is 0. The number of hydrogen-bond acceptors (Lipinski definition) is 1. The Morgan fingerprint density at radius 3 is 1.31 bits per heavy atom. The zero-order chi connectivity index (χ0) is 20.3. The molecule has 0 bridgehead atoms. The molecule has 1 heteroatoms. The van der Waals surface area contributed by atoms with Gasteiger partial charge in [-0.25, -0.2) is 0 Å². The lowest BCUT2D eigenvalue weighted by Crippen LogP contribution is -2.29. The zero-order valence-electron chi connectivity index (χ0n) is 19.6. The molecule has 0 aromatic carbocycles. The summed E-state index contributed by atoms with van der Waals surface area (Å²) in [5, 5.41) is 8.69. The maximum absolute atomic E-state index is 8.69. The van der Waals surface area contributed by atoms with Gasteiger partial charge < -0.3 is 0 Å².